The molecule has 9 heteroatoms. The van der Waals surface area contributed by atoms with Gasteiger partial charge < -0.3 is 10.2 Å². The number of para-hydroxylation sites is 2. The van der Waals surface area contributed by atoms with Crippen molar-refractivity contribution in [2.75, 3.05) is 29.5 Å². The van der Waals surface area contributed by atoms with Crippen molar-refractivity contribution in [3.8, 4) is 0 Å². The molecule has 2 fully saturated rings. The zero-order valence-corrected chi connectivity index (χ0v) is 20.6. The molecule has 1 aromatic heterocycles. The molecule has 0 radical (unpaired) electrons. The molecule has 1 atom stereocenters. The van der Waals surface area contributed by atoms with Crippen LogP contribution in [0, 0.1) is 12.8 Å². The molecule has 2 aromatic carbocycles. The van der Waals surface area contributed by atoms with Crippen LogP contribution in [0.1, 0.15) is 30.4 Å². The first-order valence-electron chi connectivity index (χ1n) is 12.1. The van der Waals surface area contributed by atoms with Gasteiger partial charge in [-0.05, 0) is 43.9 Å². The van der Waals surface area contributed by atoms with Crippen molar-refractivity contribution in [3.05, 3.63) is 70.0 Å². The van der Waals surface area contributed by atoms with Gasteiger partial charge >= 0.3 is 0 Å². The highest BCUT2D eigenvalue weighted by Crippen LogP contribution is 2.23. The predicted octanol–water partition coefficient (Wildman–Crippen LogP) is 2.27. The quantitative estimate of drug-likeness (QED) is 0.584. The number of carbonyl (C=O) groups excluding carboxylic acids is 1. The number of hydrogen-bond donors (Lipinski definition) is 1. The maximum absolute atomic E-state index is 13.6. The summed E-state index contributed by atoms with van der Waals surface area (Å²) in [7, 11) is -3.04. The number of fused-ring (bicyclic) bond motifs is 1. The van der Waals surface area contributed by atoms with Crippen molar-refractivity contribution in [3.63, 3.8) is 0 Å². The maximum Gasteiger partial charge on any atom is 0.294 e. The van der Waals surface area contributed by atoms with E-state index < -0.39 is 9.84 Å². The number of carbonyl (C=O) groups is 1. The molecular formula is C26H30N4O4S. The number of piperidine rings is 1. The molecule has 8 nitrogen and oxygen atoms in total. The fourth-order valence-corrected chi connectivity index (χ4v) is 6.67. The molecule has 2 aliphatic heterocycles. The summed E-state index contributed by atoms with van der Waals surface area (Å²) < 4.78 is 25.1. The molecule has 0 aliphatic carbocycles. The van der Waals surface area contributed by atoms with Crippen LogP contribution in [0.3, 0.4) is 0 Å². The van der Waals surface area contributed by atoms with Gasteiger partial charge in [0.25, 0.3) is 5.56 Å². The molecule has 3 heterocycles. The number of hydrogen-bond acceptors (Lipinski definition) is 6. The number of nitrogens with one attached hydrogen (secondary N) is 1. The van der Waals surface area contributed by atoms with Crippen molar-refractivity contribution in [2.24, 2.45) is 5.92 Å². The van der Waals surface area contributed by atoms with Crippen LogP contribution < -0.4 is 15.8 Å². The molecule has 2 aliphatic rings. The highest BCUT2D eigenvalue weighted by molar-refractivity contribution is 7.91. The average Bonchev–Trinajstić information content (AvgIpc) is 3.20. The summed E-state index contributed by atoms with van der Waals surface area (Å²) in [5.41, 5.74) is 3.63. The third-order valence-corrected chi connectivity index (χ3v) is 8.81. The molecule has 1 N–H and O–H groups in total. The van der Waals surface area contributed by atoms with Gasteiger partial charge in [-0.3, -0.25) is 14.2 Å². The molecule has 0 saturated carbocycles. The molecule has 184 valence electrons. The number of nitrogens with zero attached hydrogens (tertiary/aromatic N) is 3. The normalized spacial score (nSPS) is 20.3. The lowest BCUT2D eigenvalue weighted by molar-refractivity contribution is -0.126. The van der Waals surface area contributed by atoms with Crippen molar-refractivity contribution < 1.29 is 13.2 Å². The number of sulfone groups is 1. The van der Waals surface area contributed by atoms with E-state index in [1.54, 1.807) is 4.57 Å². The van der Waals surface area contributed by atoms with E-state index in [9.17, 15) is 18.0 Å². The Morgan fingerprint density at radius 2 is 1.77 bits per heavy atom. The summed E-state index contributed by atoms with van der Waals surface area (Å²) in [6, 6.07) is 15.5. The number of anilines is 1. The van der Waals surface area contributed by atoms with Crippen molar-refractivity contribution in [2.45, 2.75) is 38.8 Å². The largest absolute Gasteiger partial charge is 0.352 e. The lowest BCUT2D eigenvalue weighted by Crippen LogP contribution is -2.45. The zero-order valence-electron chi connectivity index (χ0n) is 19.8. The summed E-state index contributed by atoms with van der Waals surface area (Å²) in [5.74, 6) is 0.300. The first kappa shape index (κ1) is 23.5. The van der Waals surface area contributed by atoms with E-state index in [1.807, 2.05) is 60.4 Å². The number of benzene rings is 2. The Morgan fingerprint density at radius 1 is 1.06 bits per heavy atom. The molecule has 0 bridgehead atoms. The summed E-state index contributed by atoms with van der Waals surface area (Å²) in [6.45, 7) is 3.59. The fourth-order valence-electron chi connectivity index (χ4n) is 5.00. The molecule has 2 saturated heterocycles. The molecule has 1 unspecified atom stereocenters. The lowest BCUT2D eigenvalue weighted by atomic mass is 9.95. The molecule has 35 heavy (non-hydrogen) atoms. The van der Waals surface area contributed by atoms with Gasteiger partial charge in [-0.25, -0.2) is 13.4 Å². The highest BCUT2D eigenvalue weighted by atomic mass is 32.2. The van der Waals surface area contributed by atoms with Crippen LogP contribution in [-0.2, 0) is 21.2 Å². The Labute approximate surface area is 204 Å². The molecule has 1 amide bonds. The molecule has 3 aromatic rings. The van der Waals surface area contributed by atoms with Gasteiger partial charge in [-0.2, -0.15) is 0 Å². The van der Waals surface area contributed by atoms with E-state index >= 15 is 0 Å². The highest BCUT2D eigenvalue weighted by Gasteiger charge is 2.32. The van der Waals surface area contributed by atoms with E-state index in [1.165, 1.54) is 5.56 Å². The van der Waals surface area contributed by atoms with Crippen LogP contribution in [-0.4, -0.2) is 54.5 Å². The Hall–Kier alpha value is -3.20. The molecular weight excluding hydrogens is 464 g/mol. The van der Waals surface area contributed by atoms with Crippen molar-refractivity contribution in [1.29, 1.82) is 0 Å². The second-order valence-corrected chi connectivity index (χ2v) is 11.9. The van der Waals surface area contributed by atoms with Gasteiger partial charge in [0.1, 0.15) is 0 Å². The van der Waals surface area contributed by atoms with E-state index in [4.69, 9.17) is 4.98 Å². The van der Waals surface area contributed by atoms with Gasteiger partial charge in [-0.15, -0.1) is 0 Å². The Kier molecular flexibility index (Phi) is 6.35. The summed E-state index contributed by atoms with van der Waals surface area (Å²) in [6.07, 6.45) is 1.67. The van der Waals surface area contributed by atoms with E-state index in [0.29, 0.717) is 44.7 Å². The average molecular weight is 495 g/mol. The summed E-state index contributed by atoms with van der Waals surface area (Å²) in [4.78, 5) is 33.0. The number of rotatable bonds is 5. The minimum Gasteiger partial charge on any atom is -0.352 e. The predicted molar refractivity (Wildman–Crippen MR) is 136 cm³/mol. The van der Waals surface area contributed by atoms with E-state index in [2.05, 4.69) is 5.32 Å². The van der Waals surface area contributed by atoms with Crippen molar-refractivity contribution >= 4 is 32.6 Å². The van der Waals surface area contributed by atoms with Crippen LogP contribution in [0.2, 0.25) is 0 Å². The van der Waals surface area contributed by atoms with E-state index in [-0.39, 0.29) is 34.9 Å². The third kappa shape index (κ3) is 5.10. The second kappa shape index (κ2) is 9.45. The second-order valence-electron chi connectivity index (χ2n) is 9.67. The standard InChI is InChI=1S/C26H30N4O4S/c1-18-6-8-19(9-7-18)16-30-23-5-3-2-4-22(23)28-24(26(30)32)29-13-10-20(11-14-29)25(31)27-21-12-15-35(33,34)17-21/h2-9,20-21H,10-17H2,1H3,(H,27,31). The van der Waals surface area contributed by atoms with Crippen LogP contribution in [0.4, 0.5) is 5.82 Å². The van der Waals surface area contributed by atoms with Crippen LogP contribution in [0.5, 0.6) is 0 Å². The summed E-state index contributed by atoms with van der Waals surface area (Å²) >= 11 is 0. The summed E-state index contributed by atoms with van der Waals surface area (Å²) in [5, 5.41) is 2.92. The smallest absolute Gasteiger partial charge is 0.294 e. The van der Waals surface area contributed by atoms with Crippen LogP contribution >= 0.6 is 0 Å². The van der Waals surface area contributed by atoms with Gasteiger partial charge in [-0.1, -0.05) is 42.0 Å². The maximum atomic E-state index is 13.6. The van der Waals surface area contributed by atoms with Gasteiger partial charge in [0.2, 0.25) is 5.91 Å². The fraction of sp³-hybridized carbons (Fsp3) is 0.423. The van der Waals surface area contributed by atoms with E-state index in [0.717, 1.165) is 16.6 Å². The Balaban J connectivity index is 1.34. The Morgan fingerprint density at radius 3 is 2.46 bits per heavy atom. The van der Waals surface area contributed by atoms with Gasteiger partial charge in [0.15, 0.2) is 15.7 Å². The van der Waals surface area contributed by atoms with Crippen LogP contribution in [0.15, 0.2) is 53.3 Å². The Bertz CT molecular complexity index is 1410. The number of amides is 1. The van der Waals surface area contributed by atoms with Crippen LogP contribution in [0.25, 0.3) is 11.0 Å². The van der Waals surface area contributed by atoms with Gasteiger partial charge in [0.05, 0.1) is 29.1 Å². The third-order valence-electron chi connectivity index (χ3n) is 7.04. The first-order valence-corrected chi connectivity index (χ1v) is 13.9. The minimum atomic E-state index is -3.04. The minimum absolute atomic E-state index is 0.0269. The number of aryl methyl sites for hydroxylation is 1. The van der Waals surface area contributed by atoms with Gasteiger partial charge in [0, 0.05) is 25.0 Å². The molecule has 5 rings (SSSR count). The zero-order chi connectivity index (χ0) is 24.6. The molecule has 0 spiro atoms. The lowest BCUT2D eigenvalue weighted by Gasteiger charge is -2.32. The van der Waals surface area contributed by atoms with Crippen molar-refractivity contribution in [1.82, 2.24) is 14.9 Å². The first-order chi connectivity index (χ1) is 16.8. The number of aromatic nitrogens is 2. The SMILES string of the molecule is Cc1ccc(Cn2c(=O)c(N3CCC(C(=O)NC4CCS(=O)(=O)C4)CC3)nc3ccccc32)cc1. The topological polar surface area (TPSA) is 101 Å². The monoisotopic (exact) mass is 494 g/mol.